The van der Waals surface area contributed by atoms with Crippen LogP contribution in [0.2, 0.25) is 0 Å². The van der Waals surface area contributed by atoms with E-state index in [0.717, 1.165) is 30.4 Å². The van der Waals surface area contributed by atoms with Gasteiger partial charge in [-0.2, -0.15) is 0 Å². The van der Waals surface area contributed by atoms with E-state index in [-0.39, 0.29) is 19.0 Å². The fraction of sp³-hybridized carbons (Fsp3) is 0.583. The molecule has 2 bridgehead atoms. The number of ether oxygens (including phenoxy) is 1. The molecule has 9 nitrogen and oxygen atoms in total. The first kappa shape index (κ1) is 24.1. The van der Waals surface area contributed by atoms with Gasteiger partial charge < -0.3 is 25.0 Å². The van der Waals surface area contributed by atoms with Crippen LogP contribution in [0.1, 0.15) is 49.7 Å². The first-order valence-electron chi connectivity index (χ1n) is 11.9. The summed E-state index contributed by atoms with van der Waals surface area (Å²) in [5, 5.41) is 13.5. The number of nitrogens with one attached hydrogen (secondary N) is 1. The van der Waals surface area contributed by atoms with E-state index in [2.05, 4.69) is 10.3 Å². The van der Waals surface area contributed by atoms with Gasteiger partial charge in [0.1, 0.15) is 11.7 Å². The molecule has 3 aliphatic rings. The standard InChI is InChI=1S/C24H31FN4O5/c1-28-18-8-4-5-11-29-21(18)27-19(20(30)23(29)32)22(31)26-14-16-9-10-17(25)13-15(16)7-3-2-6-12-34-24(28)33/h9-10,13,18-19,23,32H,2-8,11-12,14H2,1H3,(H,26,31). The zero-order valence-corrected chi connectivity index (χ0v) is 19.3. The number of rotatable bonds is 0. The summed E-state index contributed by atoms with van der Waals surface area (Å²) in [6.07, 6.45) is 2.88. The lowest BCUT2D eigenvalue weighted by Gasteiger charge is -2.39. The summed E-state index contributed by atoms with van der Waals surface area (Å²) in [6.45, 7) is 0.776. The van der Waals surface area contributed by atoms with Crippen molar-refractivity contribution in [2.75, 3.05) is 20.2 Å². The number of benzene rings is 1. The maximum atomic E-state index is 13.8. The van der Waals surface area contributed by atoms with Gasteiger partial charge in [-0.25, -0.2) is 14.2 Å². The number of likely N-dealkylation sites (N-methyl/N-ethyl adjacent to an activating group) is 1. The number of hydrogen-bond donors (Lipinski definition) is 2. The minimum Gasteiger partial charge on any atom is -0.449 e. The number of aryl methyl sites for hydroxylation is 1. The second-order valence-corrected chi connectivity index (χ2v) is 9.04. The van der Waals surface area contributed by atoms with Crippen molar-refractivity contribution < 1.29 is 28.6 Å². The highest BCUT2D eigenvalue weighted by molar-refractivity contribution is 6.12. The zero-order chi connectivity index (χ0) is 24.2. The van der Waals surface area contributed by atoms with Crippen molar-refractivity contribution in [2.24, 2.45) is 4.99 Å². The van der Waals surface area contributed by atoms with E-state index in [0.29, 0.717) is 38.1 Å². The molecular weight excluding hydrogens is 443 g/mol. The molecule has 1 aromatic carbocycles. The Labute approximate surface area is 198 Å². The van der Waals surface area contributed by atoms with E-state index in [1.165, 1.54) is 21.9 Å². The van der Waals surface area contributed by atoms with Crippen molar-refractivity contribution >= 4 is 23.6 Å². The highest BCUT2D eigenvalue weighted by Gasteiger charge is 2.44. The van der Waals surface area contributed by atoms with Gasteiger partial charge in [0.2, 0.25) is 5.78 Å². The number of hydrogen-bond acceptors (Lipinski definition) is 7. The van der Waals surface area contributed by atoms with Gasteiger partial charge in [0.05, 0.1) is 12.6 Å². The van der Waals surface area contributed by atoms with Gasteiger partial charge in [0.25, 0.3) is 5.91 Å². The number of nitrogens with zero attached hydrogens (tertiary/aromatic N) is 3. The molecule has 34 heavy (non-hydrogen) atoms. The number of amidine groups is 1. The SMILES string of the molecule is CN1C(=O)OCCCCCc2cc(F)ccc2CNC(=O)C2N=C3C1CCCCN3C(O)C2=O. The molecule has 2 amide bonds. The number of amides is 2. The van der Waals surface area contributed by atoms with Crippen molar-refractivity contribution in [3.05, 3.63) is 35.1 Å². The van der Waals surface area contributed by atoms with E-state index in [9.17, 15) is 23.9 Å². The number of Topliss-reactive ketones (excluding diaryl/α,β-unsaturated/α-hetero) is 1. The number of carbonyl (C=O) groups excluding carboxylic acids is 3. The van der Waals surface area contributed by atoms with Crippen molar-refractivity contribution in [3.63, 3.8) is 0 Å². The van der Waals surface area contributed by atoms with Crippen LogP contribution in [0.3, 0.4) is 0 Å². The van der Waals surface area contributed by atoms with Gasteiger partial charge in [0.15, 0.2) is 12.3 Å². The predicted molar refractivity (Wildman–Crippen MR) is 121 cm³/mol. The number of carbonyl (C=O) groups is 3. The molecule has 3 heterocycles. The monoisotopic (exact) mass is 474 g/mol. The molecule has 184 valence electrons. The maximum Gasteiger partial charge on any atom is 0.410 e. The smallest absolute Gasteiger partial charge is 0.410 e. The third-order valence-electron chi connectivity index (χ3n) is 6.74. The zero-order valence-electron chi connectivity index (χ0n) is 19.3. The van der Waals surface area contributed by atoms with Crippen molar-refractivity contribution in [3.8, 4) is 0 Å². The van der Waals surface area contributed by atoms with E-state index in [1.807, 2.05) is 0 Å². The highest BCUT2D eigenvalue weighted by atomic mass is 19.1. The van der Waals surface area contributed by atoms with Crippen LogP contribution in [0, 0.1) is 5.82 Å². The summed E-state index contributed by atoms with van der Waals surface area (Å²) in [5.74, 6) is -1.35. The van der Waals surface area contributed by atoms with E-state index in [4.69, 9.17) is 4.74 Å². The molecule has 4 rings (SSSR count). The predicted octanol–water partition coefficient (Wildman–Crippen LogP) is 1.76. The lowest BCUT2D eigenvalue weighted by atomic mass is 10.0. The Morgan fingerprint density at radius 3 is 2.76 bits per heavy atom. The second-order valence-electron chi connectivity index (χ2n) is 9.04. The van der Waals surface area contributed by atoms with Crippen molar-refractivity contribution in [1.82, 2.24) is 15.1 Å². The minimum atomic E-state index is -1.52. The third kappa shape index (κ3) is 5.06. The van der Waals surface area contributed by atoms with E-state index >= 15 is 0 Å². The Balaban J connectivity index is 1.67. The molecule has 0 saturated carbocycles. The van der Waals surface area contributed by atoms with Gasteiger partial charge in [-0.15, -0.1) is 0 Å². The van der Waals surface area contributed by atoms with Crippen LogP contribution in [-0.2, 0) is 27.3 Å². The Morgan fingerprint density at radius 1 is 1.12 bits per heavy atom. The van der Waals surface area contributed by atoms with E-state index < -0.39 is 36.1 Å². The summed E-state index contributed by atoms with van der Waals surface area (Å²) in [7, 11) is 1.61. The lowest BCUT2D eigenvalue weighted by Crippen LogP contribution is -2.60. The number of aliphatic hydroxyl groups is 1. The van der Waals surface area contributed by atoms with Crippen LogP contribution < -0.4 is 5.32 Å². The number of ketones is 1. The molecule has 10 heteroatoms. The minimum absolute atomic E-state index is 0.119. The van der Waals surface area contributed by atoms with Crippen LogP contribution in [0.25, 0.3) is 0 Å². The molecule has 3 unspecified atom stereocenters. The largest absolute Gasteiger partial charge is 0.449 e. The number of fused-ring (bicyclic) bond motifs is 2. The molecular formula is C24H31FN4O5. The van der Waals surface area contributed by atoms with Crippen LogP contribution in [0.5, 0.6) is 0 Å². The number of aliphatic hydroxyl groups excluding tert-OH is 1. The Morgan fingerprint density at radius 2 is 1.94 bits per heavy atom. The summed E-state index contributed by atoms with van der Waals surface area (Å²) >= 11 is 0. The number of aliphatic imine (C=N–C) groups is 1. The van der Waals surface area contributed by atoms with Crippen LogP contribution in [-0.4, -0.2) is 77.0 Å². The number of halogens is 1. The fourth-order valence-electron chi connectivity index (χ4n) is 4.77. The van der Waals surface area contributed by atoms with Crippen molar-refractivity contribution in [1.29, 1.82) is 0 Å². The average molecular weight is 475 g/mol. The molecule has 3 atom stereocenters. The molecule has 3 aliphatic heterocycles. The lowest BCUT2D eigenvalue weighted by molar-refractivity contribution is -0.141. The highest BCUT2D eigenvalue weighted by Crippen LogP contribution is 2.25. The molecule has 0 spiro atoms. The summed E-state index contributed by atoms with van der Waals surface area (Å²) < 4.78 is 19.3. The molecule has 1 saturated heterocycles. The summed E-state index contributed by atoms with van der Waals surface area (Å²) in [5.41, 5.74) is 1.54. The van der Waals surface area contributed by atoms with Gasteiger partial charge in [-0.3, -0.25) is 9.59 Å². The number of cyclic esters (lactones) is 1. The second kappa shape index (κ2) is 10.5. The molecule has 0 radical (unpaired) electrons. The van der Waals surface area contributed by atoms with Gasteiger partial charge in [0, 0.05) is 20.1 Å². The Kier molecular flexibility index (Phi) is 7.45. The molecule has 1 fully saturated rings. The first-order chi connectivity index (χ1) is 16.4. The van der Waals surface area contributed by atoms with Gasteiger partial charge in [-0.1, -0.05) is 6.07 Å². The Bertz CT molecular complexity index is 984. The summed E-state index contributed by atoms with van der Waals surface area (Å²) in [4.78, 5) is 46.0. The first-order valence-corrected chi connectivity index (χ1v) is 11.9. The molecule has 2 N–H and O–H groups in total. The van der Waals surface area contributed by atoms with Gasteiger partial charge in [-0.05, 0) is 68.2 Å². The molecule has 0 aliphatic carbocycles. The van der Waals surface area contributed by atoms with Crippen molar-refractivity contribution in [2.45, 2.75) is 69.8 Å². The average Bonchev–Trinajstić information content (AvgIpc) is 3.04. The van der Waals surface area contributed by atoms with Crippen LogP contribution >= 0.6 is 0 Å². The van der Waals surface area contributed by atoms with Crippen LogP contribution in [0.15, 0.2) is 23.2 Å². The van der Waals surface area contributed by atoms with E-state index in [1.54, 1.807) is 13.1 Å². The normalized spacial score (nSPS) is 27.1. The van der Waals surface area contributed by atoms with Crippen LogP contribution in [0.4, 0.5) is 9.18 Å². The fourth-order valence-corrected chi connectivity index (χ4v) is 4.77. The Hall–Kier alpha value is -3.01. The van der Waals surface area contributed by atoms with Gasteiger partial charge >= 0.3 is 6.09 Å². The molecule has 0 aromatic heterocycles. The molecule has 1 aromatic rings. The maximum absolute atomic E-state index is 13.8. The quantitative estimate of drug-likeness (QED) is 0.555. The summed E-state index contributed by atoms with van der Waals surface area (Å²) in [6, 6.07) is 2.47. The third-order valence-corrected chi connectivity index (χ3v) is 6.74. The topological polar surface area (TPSA) is 112 Å².